The smallest absolute Gasteiger partial charge is 0.211 e. The van der Waals surface area contributed by atoms with Crippen LogP contribution in [0, 0.1) is 0 Å². The van der Waals surface area contributed by atoms with E-state index in [-0.39, 0.29) is 0 Å². The molecule has 2 aromatic rings. The van der Waals surface area contributed by atoms with Crippen LogP contribution in [0.5, 0.6) is 0 Å². The molecule has 2 rings (SSSR count). The van der Waals surface area contributed by atoms with Gasteiger partial charge in [-0.15, -0.1) is 0 Å². The van der Waals surface area contributed by atoms with Crippen molar-refractivity contribution < 1.29 is 0 Å². The zero-order valence-corrected chi connectivity index (χ0v) is 7.55. The van der Waals surface area contributed by atoms with Gasteiger partial charge in [0.05, 0.1) is 0 Å². The van der Waals surface area contributed by atoms with Crippen molar-refractivity contribution in [3.63, 3.8) is 0 Å². The molecule has 0 unspecified atom stereocenters. The van der Waals surface area contributed by atoms with Crippen LogP contribution in [0.3, 0.4) is 0 Å². The molecule has 11 heavy (non-hydrogen) atoms. The van der Waals surface area contributed by atoms with Gasteiger partial charge in [0.1, 0.15) is 6.33 Å². The first kappa shape index (κ1) is 6.86. The lowest BCUT2D eigenvalue weighted by Gasteiger charge is -1.81. The fourth-order valence-electron chi connectivity index (χ4n) is 0.614. The minimum absolute atomic E-state index is 0.569. The van der Waals surface area contributed by atoms with E-state index in [1.807, 2.05) is 0 Å². The first-order valence-electron chi connectivity index (χ1n) is 2.71. The Bertz CT molecular complexity index is 341. The first-order chi connectivity index (χ1) is 5.36. The van der Waals surface area contributed by atoms with Crippen molar-refractivity contribution in [3.05, 3.63) is 10.2 Å². The predicted octanol–water partition coefficient (Wildman–Crippen LogP) is 1.09. The van der Waals surface area contributed by atoms with Gasteiger partial charge < -0.3 is 0 Å². The molecule has 0 aliphatic rings. The van der Waals surface area contributed by atoms with Crippen molar-refractivity contribution >= 4 is 27.5 Å². The third-order valence-corrected chi connectivity index (χ3v) is 2.15. The Morgan fingerprint density at radius 1 is 1.55 bits per heavy atom. The quantitative estimate of drug-likeness (QED) is 0.798. The van der Waals surface area contributed by atoms with Crippen molar-refractivity contribution in [1.29, 1.82) is 0 Å². The fourth-order valence-corrected chi connectivity index (χ4v) is 1.42. The molecule has 0 atom stereocenters. The summed E-state index contributed by atoms with van der Waals surface area (Å²) in [7, 11) is 0. The topological polar surface area (TPSA) is 67.3 Å². The zero-order valence-electron chi connectivity index (χ0n) is 5.15. The summed E-state index contributed by atoms with van der Waals surface area (Å²) in [6.07, 6.45) is 1.42. The Morgan fingerprint density at radius 3 is 3.00 bits per heavy atom. The lowest BCUT2D eigenvalue weighted by Crippen LogP contribution is -1.81. The molecule has 0 fully saturated rings. The lowest BCUT2D eigenvalue weighted by atomic mass is 10.6. The number of aromatic amines is 1. The summed E-state index contributed by atoms with van der Waals surface area (Å²) in [5.41, 5.74) is 0. The Hall–Kier alpha value is -0.820. The van der Waals surface area contributed by atoms with Crippen molar-refractivity contribution in [3.8, 4) is 11.6 Å². The first-order valence-corrected chi connectivity index (χ1v) is 4.28. The van der Waals surface area contributed by atoms with E-state index in [2.05, 4.69) is 40.5 Å². The zero-order chi connectivity index (χ0) is 7.68. The predicted molar refractivity (Wildman–Crippen MR) is 43.0 cm³/mol. The van der Waals surface area contributed by atoms with Gasteiger partial charge in [-0.3, -0.25) is 5.10 Å². The third kappa shape index (κ3) is 1.29. The van der Waals surface area contributed by atoms with Crippen LogP contribution in [-0.4, -0.2) is 24.5 Å². The summed E-state index contributed by atoms with van der Waals surface area (Å²) < 4.78 is 4.75. The van der Waals surface area contributed by atoms with Crippen molar-refractivity contribution in [2.24, 2.45) is 0 Å². The standard InChI is InChI=1S/C4H2BrN5S/c5-4-8-3(10-11-4)2-6-1-7-9-2/h1H,(H,6,7,9). The summed E-state index contributed by atoms with van der Waals surface area (Å²) in [6.45, 7) is 0. The van der Waals surface area contributed by atoms with E-state index < -0.39 is 0 Å². The molecule has 0 radical (unpaired) electrons. The monoisotopic (exact) mass is 231 g/mol. The van der Waals surface area contributed by atoms with Crippen LogP contribution < -0.4 is 0 Å². The van der Waals surface area contributed by atoms with Gasteiger partial charge in [-0.2, -0.15) is 9.47 Å². The van der Waals surface area contributed by atoms with E-state index in [1.54, 1.807) is 0 Å². The Kier molecular flexibility index (Phi) is 1.66. The number of nitrogens with one attached hydrogen (secondary N) is 1. The van der Waals surface area contributed by atoms with Gasteiger partial charge >= 0.3 is 0 Å². The largest absolute Gasteiger partial charge is 0.257 e. The SMILES string of the molecule is Brc1nc(-c2ncn[nH]2)ns1. The number of rotatable bonds is 1. The van der Waals surface area contributed by atoms with Crippen LogP contribution >= 0.6 is 27.5 Å². The molecule has 5 nitrogen and oxygen atoms in total. The van der Waals surface area contributed by atoms with Gasteiger partial charge in [0.2, 0.25) is 5.82 Å². The Morgan fingerprint density at radius 2 is 2.45 bits per heavy atom. The molecule has 1 N–H and O–H groups in total. The second-order valence-corrected chi connectivity index (χ2v) is 3.73. The van der Waals surface area contributed by atoms with Gasteiger partial charge in [0.15, 0.2) is 9.74 Å². The fraction of sp³-hybridized carbons (Fsp3) is 0. The maximum absolute atomic E-state index is 4.04. The van der Waals surface area contributed by atoms with Gasteiger partial charge in [-0.05, 0) is 27.5 Å². The van der Waals surface area contributed by atoms with Crippen LogP contribution in [0.2, 0.25) is 0 Å². The van der Waals surface area contributed by atoms with Crippen molar-refractivity contribution in [2.45, 2.75) is 0 Å². The highest BCUT2D eigenvalue weighted by Crippen LogP contribution is 2.17. The van der Waals surface area contributed by atoms with E-state index in [0.29, 0.717) is 11.6 Å². The summed E-state index contributed by atoms with van der Waals surface area (Å²) in [6, 6.07) is 0. The summed E-state index contributed by atoms with van der Waals surface area (Å²) >= 11 is 4.47. The van der Waals surface area contributed by atoms with E-state index in [1.165, 1.54) is 17.9 Å². The molecule has 0 aliphatic heterocycles. The van der Waals surface area contributed by atoms with E-state index >= 15 is 0 Å². The Labute approximate surface area is 74.2 Å². The number of hydrogen-bond acceptors (Lipinski definition) is 5. The van der Waals surface area contributed by atoms with Gasteiger partial charge in [0, 0.05) is 0 Å². The second-order valence-electron chi connectivity index (χ2n) is 1.71. The number of nitrogens with zero attached hydrogens (tertiary/aromatic N) is 4. The highest BCUT2D eigenvalue weighted by molar-refractivity contribution is 9.11. The number of aromatic nitrogens is 5. The van der Waals surface area contributed by atoms with E-state index in [0.717, 1.165) is 3.92 Å². The highest BCUT2D eigenvalue weighted by Gasteiger charge is 2.05. The number of halogens is 1. The van der Waals surface area contributed by atoms with Crippen LogP contribution in [-0.2, 0) is 0 Å². The number of hydrogen-bond donors (Lipinski definition) is 1. The normalized spacial score (nSPS) is 10.3. The average Bonchev–Trinajstić information content (AvgIpc) is 2.55. The van der Waals surface area contributed by atoms with Crippen molar-refractivity contribution in [1.82, 2.24) is 24.5 Å². The maximum atomic E-state index is 4.04. The minimum atomic E-state index is 0.569. The maximum Gasteiger partial charge on any atom is 0.211 e. The number of H-pyrrole nitrogens is 1. The highest BCUT2D eigenvalue weighted by atomic mass is 79.9. The molecular formula is C4H2BrN5S. The van der Waals surface area contributed by atoms with Crippen LogP contribution in [0.15, 0.2) is 10.2 Å². The molecule has 0 saturated carbocycles. The summed E-state index contributed by atoms with van der Waals surface area (Å²) in [5.74, 6) is 1.16. The van der Waals surface area contributed by atoms with Gasteiger partial charge in [-0.25, -0.2) is 9.97 Å². The van der Waals surface area contributed by atoms with Crippen LogP contribution in [0.4, 0.5) is 0 Å². The van der Waals surface area contributed by atoms with E-state index in [9.17, 15) is 0 Å². The Balaban J connectivity index is 2.45. The molecule has 0 aromatic carbocycles. The molecular weight excluding hydrogens is 230 g/mol. The molecule has 0 spiro atoms. The molecule has 0 bridgehead atoms. The average molecular weight is 232 g/mol. The molecule has 0 saturated heterocycles. The third-order valence-electron chi connectivity index (χ3n) is 1.03. The summed E-state index contributed by atoms with van der Waals surface area (Å²) in [5, 5.41) is 6.35. The molecule has 56 valence electrons. The molecule has 0 aliphatic carbocycles. The van der Waals surface area contributed by atoms with Crippen LogP contribution in [0.1, 0.15) is 0 Å². The molecule has 7 heteroatoms. The second kappa shape index (κ2) is 2.67. The molecule has 2 heterocycles. The molecule has 2 aromatic heterocycles. The molecule has 0 amide bonds. The summed E-state index contributed by atoms with van der Waals surface area (Å²) in [4.78, 5) is 7.94. The van der Waals surface area contributed by atoms with Crippen molar-refractivity contribution in [2.75, 3.05) is 0 Å². The minimum Gasteiger partial charge on any atom is -0.257 e. The lowest BCUT2D eigenvalue weighted by molar-refractivity contribution is 1.08. The van der Waals surface area contributed by atoms with E-state index in [4.69, 9.17) is 0 Å². The van der Waals surface area contributed by atoms with Gasteiger partial charge in [0.25, 0.3) is 0 Å². The van der Waals surface area contributed by atoms with Gasteiger partial charge in [-0.1, -0.05) is 0 Å². The van der Waals surface area contributed by atoms with Crippen LogP contribution in [0.25, 0.3) is 11.6 Å².